The number of carboxylic acids is 2. The maximum Gasteiger partial charge on any atom is 0.317 e. The third kappa shape index (κ3) is 14.7. The standard InChI is InChI=1S/C53H49NO10/c55-52(56)31-54(32-53(57)58)30-43-21-46(63-37-44-23-48(59-33-39-13-5-1-6-14-39)28-49(24-44)60-34-40-15-7-2-8-16-40)27-47(22-43)64-38-45-25-50(61-35-41-17-9-3-10-18-41)29-51(26-45)62-36-42-19-11-4-12-20-42/h1-29H,30-38H2,(H,55,56)(H,57,58). The molecule has 0 bridgehead atoms. The van der Waals surface area contributed by atoms with E-state index in [-0.39, 0.29) is 19.8 Å². The quantitative estimate of drug-likeness (QED) is 0.0602. The molecule has 7 rings (SSSR count). The van der Waals surface area contributed by atoms with E-state index in [4.69, 9.17) is 28.4 Å². The van der Waals surface area contributed by atoms with Gasteiger partial charge in [-0.05, 0) is 75.3 Å². The van der Waals surface area contributed by atoms with Crippen molar-refractivity contribution in [1.82, 2.24) is 4.90 Å². The molecule has 7 aromatic rings. The van der Waals surface area contributed by atoms with Crippen LogP contribution in [0.2, 0.25) is 0 Å². The summed E-state index contributed by atoms with van der Waals surface area (Å²) in [5, 5.41) is 19.2. The summed E-state index contributed by atoms with van der Waals surface area (Å²) in [6, 6.07) is 56.0. The summed E-state index contributed by atoms with van der Waals surface area (Å²) in [7, 11) is 0. The molecule has 0 saturated heterocycles. The van der Waals surface area contributed by atoms with E-state index in [9.17, 15) is 19.8 Å². The first-order chi connectivity index (χ1) is 31.3. The Morgan fingerprint density at radius 1 is 0.328 bits per heavy atom. The summed E-state index contributed by atoms with van der Waals surface area (Å²) in [6.07, 6.45) is 0. The number of ether oxygens (including phenoxy) is 6. The molecule has 2 N–H and O–H groups in total. The minimum Gasteiger partial charge on any atom is -0.489 e. The van der Waals surface area contributed by atoms with Crippen LogP contribution in [0, 0.1) is 0 Å². The van der Waals surface area contributed by atoms with Gasteiger partial charge in [0.2, 0.25) is 0 Å². The van der Waals surface area contributed by atoms with Crippen LogP contribution in [0.4, 0.5) is 0 Å². The van der Waals surface area contributed by atoms with Crippen LogP contribution in [0.3, 0.4) is 0 Å². The smallest absolute Gasteiger partial charge is 0.317 e. The van der Waals surface area contributed by atoms with Gasteiger partial charge in [0.25, 0.3) is 0 Å². The number of carbonyl (C=O) groups is 2. The minimum absolute atomic E-state index is 0.00668. The zero-order chi connectivity index (χ0) is 44.4. The van der Waals surface area contributed by atoms with E-state index in [1.165, 1.54) is 4.90 Å². The molecular weight excluding hydrogens is 811 g/mol. The Morgan fingerprint density at radius 2 is 0.562 bits per heavy atom. The molecule has 64 heavy (non-hydrogen) atoms. The Morgan fingerprint density at radius 3 is 0.812 bits per heavy atom. The van der Waals surface area contributed by atoms with Gasteiger partial charge >= 0.3 is 11.9 Å². The van der Waals surface area contributed by atoms with Crippen LogP contribution in [0.15, 0.2) is 176 Å². The highest BCUT2D eigenvalue weighted by atomic mass is 16.5. The van der Waals surface area contributed by atoms with E-state index >= 15 is 0 Å². The average Bonchev–Trinajstić information content (AvgIpc) is 3.31. The van der Waals surface area contributed by atoms with Gasteiger partial charge in [0, 0.05) is 24.7 Å². The number of rotatable bonds is 24. The second-order valence-electron chi connectivity index (χ2n) is 15.0. The van der Waals surface area contributed by atoms with Gasteiger partial charge in [0.15, 0.2) is 0 Å². The number of hydrogen-bond acceptors (Lipinski definition) is 9. The normalized spacial score (nSPS) is 10.8. The van der Waals surface area contributed by atoms with Crippen LogP contribution >= 0.6 is 0 Å². The molecule has 0 saturated carbocycles. The summed E-state index contributed by atoms with van der Waals surface area (Å²) >= 11 is 0. The van der Waals surface area contributed by atoms with Crippen LogP contribution in [0.1, 0.15) is 38.9 Å². The van der Waals surface area contributed by atoms with E-state index < -0.39 is 25.0 Å². The maximum absolute atomic E-state index is 11.7. The lowest BCUT2D eigenvalue weighted by atomic mass is 10.1. The zero-order valence-electron chi connectivity index (χ0n) is 35.2. The van der Waals surface area contributed by atoms with E-state index in [0.29, 0.717) is 66.5 Å². The Hall–Kier alpha value is -7.76. The van der Waals surface area contributed by atoms with Crippen molar-refractivity contribution in [3.63, 3.8) is 0 Å². The van der Waals surface area contributed by atoms with Crippen molar-refractivity contribution in [2.45, 2.75) is 46.2 Å². The van der Waals surface area contributed by atoms with Crippen LogP contribution in [0.25, 0.3) is 0 Å². The minimum atomic E-state index is -1.15. The molecule has 11 heteroatoms. The zero-order valence-corrected chi connectivity index (χ0v) is 35.2. The van der Waals surface area contributed by atoms with Crippen molar-refractivity contribution in [2.75, 3.05) is 13.1 Å². The lowest BCUT2D eigenvalue weighted by Crippen LogP contribution is -2.33. The Bertz CT molecular complexity index is 2260. The van der Waals surface area contributed by atoms with Gasteiger partial charge in [-0.3, -0.25) is 14.5 Å². The number of carboxylic acid groups (broad SMARTS) is 2. The monoisotopic (exact) mass is 859 g/mol. The van der Waals surface area contributed by atoms with Crippen LogP contribution < -0.4 is 28.4 Å². The molecule has 0 heterocycles. The molecule has 0 aliphatic carbocycles. The second-order valence-corrected chi connectivity index (χ2v) is 15.0. The molecule has 0 radical (unpaired) electrons. The molecule has 0 aliphatic heterocycles. The molecule has 0 unspecified atom stereocenters. The third-order valence-corrected chi connectivity index (χ3v) is 9.75. The predicted octanol–water partition coefficient (Wildman–Crippen LogP) is 10.1. The first-order valence-electron chi connectivity index (χ1n) is 20.8. The molecule has 0 aliphatic rings. The van der Waals surface area contributed by atoms with Crippen LogP contribution in [-0.4, -0.2) is 40.1 Å². The molecule has 11 nitrogen and oxygen atoms in total. The number of aliphatic carboxylic acids is 2. The molecule has 0 aromatic heterocycles. The number of nitrogens with zero attached hydrogens (tertiary/aromatic N) is 1. The fraction of sp³-hybridized carbons (Fsp3) is 0.170. The van der Waals surface area contributed by atoms with Crippen molar-refractivity contribution in [3.8, 4) is 34.5 Å². The summed E-state index contributed by atoms with van der Waals surface area (Å²) in [5.41, 5.74) is 6.20. The Balaban J connectivity index is 1.13. The highest BCUT2D eigenvalue weighted by Gasteiger charge is 2.16. The summed E-state index contributed by atoms with van der Waals surface area (Å²) in [5.74, 6) is 0.960. The molecule has 0 fully saturated rings. The van der Waals surface area contributed by atoms with Crippen molar-refractivity contribution in [1.29, 1.82) is 0 Å². The second kappa shape index (κ2) is 22.9. The molecule has 0 amide bonds. The van der Waals surface area contributed by atoms with Crippen molar-refractivity contribution >= 4 is 11.9 Å². The Labute approximate surface area is 372 Å². The Kier molecular flexibility index (Phi) is 15.9. The van der Waals surface area contributed by atoms with Crippen molar-refractivity contribution in [2.24, 2.45) is 0 Å². The van der Waals surface area contributed by atoms with Gasteiger partial charge in [-0.2, -0.15) is 0 Å². The van der Waals surface area contributed by atoms with E-state index in [1.54, 1.807) is 18.2 Å². The number of benzene rings is 7. The van der Waals surface area contributed by atoms with Gasteiger partial charge in [0.05, 0.1) is 13.1 Å². The SMILES string of the molecule is O=C(O)CN(CC(=O)O)Cc1cc(OCc2cc(OCc3ccccc3)cc(OCc3ccccc3)c2)cc(OCc2cc(OCc3ccccc3)cc(OCc3ccccc3)c2)c1. The third-order valence-electron chi connectivity index (χ3n) is 9.75. The van der Waals surface area contributed by atoms with Crippen LogP contribution in [-0.2, 0) is 55.8 Å². The summed E-state index contributed by atoms with van der Waals surface area (Å²) in [4.78, 5) is 24.8. The highest BCUT2D eigenvalue weighted by Crippen LogP contribution is 2.30. The first-order valence-corrected chi connectivity index (χ1v) is 20.8. The highest BCUT2D eigenvalue weighted by molar-refractivity contribution is 5.72. The fourth-order valence-corrected chi connectivity index (χ4v) is 6.76. The van der Waals surface area contributed by atoms with E-state index in [2.05, 4.69) is 0 Å². The molecule has 0 atom stereocenters. The fourth-order valence-electron chi connectivity index (χ4n) is 6.76. The van der Waals surface area contributed by atoms with Crippen molar-refractivity contribution in [3.05, 3.63) is 215 Å². The molecule has 326 valence electrons. The summed E-state index contributed by atoms with van der Waals surface area (Å²) < 4.78 is 37.7. The first kappa shape index (κ1) is 44.3. The molecular formula is C53H49NO10. The lowest BCUT2D eigenvalue weighted by molar-refractivity contribution is -0.142. The van der Waals surface area contributed by atoms with Gasteiger partial charge in [0.1, 0.15) is 74.1 Å². The van der Waals surface area contributed by atoms with Gasteiger partial charge in [-0.15, -0.1) is 0 Å². The van der Waals surface area contributed by atoms with E-state index in [1.807, 2.05) is 158 Å². The lowest BCUT2D eigenvalue weighted by Gasteiger charge is -2.20. The van der Waals surface area contributed by atoms with Crippen LogP contribution in [0.5, 0.6) is 34.5 Å². The average molecular weight is 860 g/mol. The van der Waals surface area contributed by atoms with Gasteiger partial charge in [-0.1, -0.05) is 121 Å². The number of hydrogen-bond donors (Lipinski definition) is 2. The predicted molar refractivity (Wildman–Crippen MR) is 242 cm³/mol. The summed E-state index contributed by atoms with van der Waals surface area (Å²) in [6.45, 7) is 0.722. The van der Waals surface area contributed by atoms with Crippen molar-refractivity contribution < 1.29 is 48.2 Å². The van der Waals surface area contributed by atoms with Gasteiger partial charge < -0.3 is 38.6 Å². The molecule has 7 aromatic carbocycles. The molecule has 0 spiro atoms. The topological polar surface area (TPSA) is 133 Å². The van der Waals surface area contributed by atoms with E-state index in [0.717, 1.165) is 33.4 Å². The maximum atomic E-state index is 11.7. The largest absolute Gasteiger partial charge is 0.489 e. The van der Waals surface area contributed by atoms with Gasteiger partial charge in [-0.25, -0.2) is 0 Å².